The Morgan fingerprint density at radius 2 is 1.80 bits per heavy atom. The number of hydrogen-bond donors (Lipinski definition) is 2. The van der Waals surface area contributed by atoms with Crippen molar-refractivity contribution in [2.75, 3.05) is 5.32 Å². The van der Waals surface area contributed by atoms with E-state index in [1.807, 2.05) is 37.3 Å². The van der Waals surface area contributed by atoms with Crippen LogP contribution in [0.2, 0.25) is 0 Å². The molecule has 0 aliphatic heterocycles. The number of halogens is 1. The minimum Gasteiger partial charge on any atom is -0.354 e. The summed E-state index contributed by atoms with van der Waals surface area (Å²) in [5, 5.41) is 5.99. The smallest absolute Gasteiger partial charge is 0.253 e. The molecule has 2 N–H and O–H groups in total. The normalized spacial score (nSPS) is 11.6. The molecule has 0 spiro atoms. The van der Waals surface area contributed by atoms with Crippen LogP contribution in [0.5, 0.6) is 0 Å². The van der Waals surface area contributed by atoms with Crippen LogP contribution in [0, 0.1) is 5.82 Å². The van der Waals surface area contributed by atoms with Crippen molar-refractivity contribution >= 4 is 17.3 Å². The number of anilines is 2. The van der Waals surface area contributed by atoms with Crippen molar-refractivity contribution in [3.05, 3.63) is 90.0 Å². The molecule has 0 saturated carbocycles. The molecule has 1 amide bonds. The molecule has 0 aliphatic rings. The summed E-state index contributed by atoms with van der Waals surface area (Å²) in [6.07, 6.45) is 3.09. The lowest BCUT2D eigenvalue weighted by atomic mass is 10.1. The van der Waals surface area contributed by atoms with Gasteiger partial charge in [0, 0.05) is 11.9 Å². The zero-order valence-corrected chi connectivity index (χ0v) is 13.7. The first-order valence-corrected chi connectivity index (χ1v) is 7.95. The Balaban J connectivity index is 1.71. The Labute approximate surface area is 145 Å². The zero-order valence-electron chi connectivity index (χ0n) is 13.7. The Morgan fingerprint density at radius 3 is 2.56 bits per heavy atom. The maximum absolute atomic E-state index is 13.3. The van der Waals surface area contributed by atoms with Crippen LogP contribution in [0.3, 0.4) is 0 Å². The number of amides is 1. The van der Waals surface area contributed by atoms with Crippen LogP contribution < -0.4 is 10.6 Å². The molecule has 0 aliphatic carbocycles. The number of pyridine rings is 1. The Bertz CT molecular complexity index is 868. The van der Waals surface area contributed by atoms with E-state index >= 15 is 0 Å². The number of carbonyl (C=O) groups excluding carboxylic acids is 1. The van der Waals surface area contributed by atoms with Gasteiger partial charge in [-0.3, -0.25) is 9.78 Å². The molecule has 0 fully saturated rings. The van der Waals surface area contributed by atoms with E-state index in [9.17, 15) is 9.18 Å². The number of benzene rings is 2. The predicted molar refractivity (Wildman–Crippen MR) is 96.2 cm³/mol. The third-order valence-electron chi connectivity index (χ3n) is 3.76. The van der Waals surface area contributed by atoms with E-state index in [-0.39, 0.29) is 17.8 Å². The van der Waals surface area contributed by atoms with Crippen molar-refractivity contribution < 1.29 is 9.18 Å². The van der Waals surface area contributed by atoms with Crippen LogP contribution in [0.25, 0.3) is 0 Å². The van der Waals surface area contributed by atoms with E-state index in [2.05, 4.69) is 15.6 Å². The summed E-state index contributed by atoms with van der Waals surface area (Å²) >= 11 is 0. The lowest BCUT2D eigenvalue weighted by Gasteiger charge is -2.14. The maximum atomic E-state index is 13.3. The van der Waals surface area contributed by atoms with E-state index in [0.29, 0.717) is 16.9 Å². The number of aromatic nitrogens is 1. The van der Waals surface area contributed by atoms with Crippen LogP contribution in [0.15, 0.2) is 73.1 Å². The second-order valence-corrected chi connectivity index (χ2v) is 5.70. The molecule has 0 radical (unpaired) electrons. The van der Waals surface area contributed by atoms with E-state index < -0.39 is 0 Å². The van der Waals surface area contributed by atoms with Crippen molar-refractivity contribution in [2.45, 2.75) is 13.0 Å². The number of rotatable bonds is 5. The topological polar surface area (TPSA) is 54.0 Å². The summed E-state index contributed by atoms with van der Waals surface area (Å²) in [5.41, 5.74) is 2.67. The van der Waals surface area contributed by atoms with Gasteiger partial charge in [-0.25, -0.2) is 4.39 Å². The number of hydrogen-bond acceptors (Lipinski definition) is 3. The fourth-order valence-electron chi connectivity index (χ4n) is 2.47. The van der Waals surface area contributed by atoms with Crippen molar-refractivity contribution in [1.29, 1.82) is 0 Å². The SMILES string of the molecule is CC(NC(=O)c1cncc(Nc2cccc(F)c2)c1)c1ccccc1. The maximum Gasteiger partial charge on any atom is 0.253 e. The third-order valence-corrected chi connectivity index (χ3v) is 3.76. The molecule has 1 heterocycles. The molecule has 1 aromatic heterocycles. The van der Waals surface area contributed by atoms with Gasteiger partial charge in [0.15, 0.2) is 0 Å². The molecule has 3 rings (SSSR count). The van der Waals surface area contributed by atoms with E-state index in [1.165, 1.54) is 18.3 Å². The lowest BCUT2D eigenvalue weighted by molar-refractivity contribution is 0.0939. The molecule has 0 saturated heterocycles. The van der Waals surface area contributed by atoms with Crippen molar-refractivity contribution in [3.8, 4) is 0 Å². The highest BCUT2D eigenvalue weighted by Gasteiger charge is 2.12. The number of nitrogens with zero attached hydrogens (tertiary/aromatic N) is 1. The molecular formula is C20H18FN3O. The summed E-state index contributed by atoms with van der Waals surface area (Å²) in [6, 6.07) is 17.4. The predicted octanol–water partition coefficient (Wildman–Crippen LogP) is 4.46. The van der Waals surface area contributed by atoms with Gasteiger partial charge >= 0.3 is 0 Å². The van der Waals surface area contributed by atoms with Crippen molar-refractivity contribution in [2.24, 2.45) is 0 Å². The second kappa shape index (κ2) is 7.57. The summed E-state index contributed by atoms with van der Waals surface area (Å²) in [5.74, 6) is -0.546. The van der Waals surface area contributed by atoms with Gasteiger partial charge in [0.25, 0.3) is 5.91 Å². The van der Waals surface area contributed by atoms with E-state index in [0.717, 1.165) is 5.56 Å². The van der Waals surface area contributed by atoms with Gasteiger partial charge in [0.2, 0.25) is 0 Å². The summed E-state index contributed by atoms with van der Waals surface area (Å²) in [4.78, 5) is 16.5. The quantitative estimate of drug-likeness (QED) is 0.724. The van der Waals surface area contributed by atoms with Gasteiger partial charge in [0.05, 0.1) is 23.5 Å². The molecule has 3 aromatic rings. The second-order valence-electron chi connectivity index (χ2n) is 5.70. The first-order valence-electron chi connectivity index (χ1n) is 7.95. The van der Waals surface area contributed by atoms with Gasteiger partial charge in [-0.05, 0) is 36.8 Å². The fraction of sp³-hybridized carbons (Fsp3) is 0.100. The largest absolute Gasteiger partial charge is 0.354 e. The minimum atomic E-state index is -0.330. The van der Waals surface area contributed by atoms with Gasteiger partial charge in [-0.15, -0.1) is 0 Å². The highest BCUT2D eigenvalue weighted by molar-refractivity contribution is 5.95. The Morgan fingerprint density at radius 1 is 1.00 bits per heavy atom. The van der Waals surface area contributed by atoms with Crippen LogP contribution in [-0.4, -0.2) is 10.9 Å². The Hall–Kier alpha value is -3.21. The van der Waals surface area contributed by atoms with Crippen LogP contribution in [-0.2, 0) is 0 Å². The molecule has 126 valence electrons. The summed E-state index contributed by atoms with van der Waals surface area (Å²) < 4.78 is 13.3. The molecule has 1 atom stereocenters. The van der Waals surface area contributed by atoms with Gasteiger partial charge < -0.3 is 10.6 Å². The average molecular weight is 335 g/mol. The zero-order chi connectivity index (χ0) is 17.6. The molecular weight excluding hydrogens is 317 g/mol. The molecule has 1 unspecified atom stereocenters. The molecule has 2 aromatic carbocycles. The molecule has 0 bridgehead atoms. The fourth-order valence-corrected chi connectivity index (χ4v) is 2.47. The molecule has 5 heteroatoms. The van der Waals surface area contributed by atoms with Gasteiger partial charge in [0.1, 0.15) is 5.82 Å². The first kappa shape index (κ1) is 16.6. The van der Waals surface area contributed by atoms with E-state index in [1.54, 1.807) is 24.4 Å². The summed E-state index contributed by atoms with van der Waals surface area (Å²) in [6.45, 7) is 1.93. The number of nitrogens with one attached hydrogen (secondary N) is 2. The van der Waals surface area contributed by atoms with Crippen LogP contribution in [0.4, 0.5) is 15.8 Å². The first-order chi connectivity index (χ1) is 12.1. The molecule has 25 heavy (non-hydrogen) atoms. The highest BCUT2D eigenvalue weighted by Crippen LogP contribution is 2.18. The standard InChI is InChI=1S/C20H18FN3O/c1-14(15-6-3-2-4-7-15)23-20(25)16-10-19(13-22-12-16)24-18-9-5-8-17(21)11-18/h2-14,24H,1H3,(H,23,25). The van der Waals surface area contributed by atoms with E-state index in [4.69, 9.17) is 0 Å². The lowest BCUT2D eigenvalue weighted by Crippen LogP contribution is -2.26. The van der Waals surface area contributed by atoms with Crippen LogP contribution in [0.1, 0.15) is 28.9 Å². The van der Waals surface area contributed by atoms with Crippen LogP contribution >= 0.6 is 0 Å². The monoisotopic (exact) mass is 335 g/mol. The minimum absolute atomic E-state index is 0.117. The number of carbonyl (C=O) groups is 1. The molecule has 4 nitrogen and oxygen atoms in total. The van der Waals surface area contributed by atoms with Gasteiger partial charge in [-0.1, -0.05) is 36.4 Å². The average Bonchev–Trinajstić information content (AvgIpc) is 2.62. The Kier molecular flexibility index (Phi) is 5.04. The third kappa shape index (κ3) is 4.41. The van der Waals surface area contributed by atoms with Crippen molar-refractivity contribution in [1.82, 2.24) is 10.3 Å². The highest BCUT2D eigenvalue weighted by atomic mass is 19.1. The van der Waals surface area contributed by atoms with Gasteiger partial charge in [-0.2, -0.15) is 0 Å². The van der Waals surface area contributed by atoms with Crippen molar-refractivity contribution in [3.63, 3.8) is 0 Å². The summed E-state index contributed by atoms with van der Waals surface area (Å²) in [7, 11) is 0.